The topological polar surface area (TPSA) is 22.1 Å². The fourth-order valence-corrected chi connectivity index (χ4v) is 1.23. The molecule has 0 saturated heterocycles. The lowest BCUT2D eigenvalue weighted by molar-refractivity contribution is -0.154. The largest absolute Gasteiger partial charge is 0.471 e. The first-order valence-electron chi connectivity index (χ1n) is 5.42. The summed E-state index contributed by atoms with van der Waals surface area (Å²) in [6.45, 7) is -0.311. The lowest BCUT2D eigenvalue weighted by atomic mass is 10.1. The Labute approximate surface area is 109 Å². The van der Waals surface area contributed by atoms with E-state index < -0.39 is 36.6 Å². The van der Waals surface area contributed by atoms with Gasteiger partial charge in [0, 0.05) is 6.20 Å². The van der Waals surface area contributed by atoms with Gasteiger partial charge in [-0.2, -0.15) is 22.0 Å². The van der Waals surface area contributed by atoms with Gasteiger partial charge in [-0.1, -0.05) is 6.92 Å². The highest BCUT2D eigenvalue weighted by Crippen LogP contribution is 2.36. The molecule has 20 heavy (non-hydrogen) atoms. The van der Waals surface area contributed by atoms with Crippen molar-refractivity contribution in [3.05, 3.63) is 23.4 Å². The van der Waals surface area contributed by atoms with Gasteiger partial charge in [-0.15, -0.1) is 0 Å². The highest BCUT2D eigenvalue weighted by molar-refractivity contribution is 5.32. The van der Waals surface area contributed by atoms with Gasteiger partial charge in [0.15, 0.2) is 6.61 Å². The molecule has 0 N–H and O–H groups in total. The van der Waals surface area contributed by atoms with Crippen molar-refractivity contribution in [3.8, 4) is 5.88 Å². The monoisotopic (exact) mass is 305 g/mol. The van der Waals surface area contributed by atoms with Crippen LogP contribution in [0.1, 0.15) is 18.1 Å². The van der Waals surface area contributed by atoms with Crippen molar-refractivity contribution >= 4 is 0 Å². The third-order valence-electron chi connectivity index (χ3n) is 2.34. The van der Waals surface area contributed by atoms with Crippen LogP contribution in [0.4, 0.5) is 30.7 Å². The summed E-state index contributed by atoms with van der Waals surface area (Å²) < 4.78 is 91.2. The number of rotatable bonds is 5. The van der Waals surface area contributed by atoms with Crippen LogP contribution in [0.25, 0.3) is 0 Å². The van der Waals surface area contributed by atoms with Crippen LogP contribution >= 0.6 is 0 Å². The minimum Gasteiger partial charge on any atom is -0.471 e. The second-order valence-electron chi connectivity index (χ2n) is 3.90. The molecule has 0 spiro atoms. The van der Waals surface area contributed by atoms with E-state index in [1.54, 1.807) is 6.92 Å². The first-order valence-corrected chi connectivity index (χ1v) is 5.42. The summed E-state index contributed by atoms with van der Waals surface area (Å²) in [7, 11) is 0. The second-order valence-corrected chi connectivity index (χ2v) is 3.90. The van der Waals surface area contributed by atoms with E-state index in [1.807, 2.05) is 0 Å². The smallest absolute Gasteiger partial charge is 0.421 e. The lowest BCUT2D eigenvalue weighted by Crippen LogP contribution is -2.34. The van der Waals surface area contributed by atoms with Crippen LogP contribution in [-0.2, 0) is 12.6 Å². The van der Waals surface area contributed by atoms with Crippen molar-refractivity contribution in [2.75, 3.05) is 6.61 Å². The van der Waals surface area contributed by atoms with E-state index in [4.69, 9.17) is 0 Å². The molecule has 0 aliphatic carbocycles. The van der Waals surface area contributed by atoms with Crippen LogP contribution in [0.2, 0.25) is 0 Å². The normalized spacial score (nSPS) is 12.8. The highest BCUT2D eigenvalue weighted by atomic mass is 19.4. The van der Waals surface area contributed by atoms with E-state index in [0.717, 1.165) is 6.20 Å². The average molecular weight is 305 g/mol. The van der Waals surface area contributed by atoms with E-state index >= 15 is 0 Å². The maximum absolute atomic E-state index is 12.7. The summed E-state index contributed by atoms with van der Waals surface area (Å²) in [5.41, 5.74) is -1.16. The van der Waals surface area contributed by atoms with Crippen molar-refractivity contribution in [1.29, 1.82) is 0 Å². The van der Waals surface area contributed by atoms with Crippen LogP contribution in [0, 0.1) is 0 Å². The quantitative estimate of drug-likeness (QED) is 0.769. The molecule has 2 nitrogen and oxygen atoms in total. The number of hydrogen-bond donors (Lipinski definition) is 0. The van der Waals surface area contributed by atoms with Gasteiger partial charge in [0.25, 0.3) is 0 Å². The molecule has 9 heteroatoms. The zero-order valence-corrected chi connectivity index (χ0v) is 10.1. The summed E-state index contributed by atoms with van der Waals surface area (Å²) in [6, 6.07) is 0.683. The molecule has 1 aromatic rings. The minimum atomic E-state index is -4.88. The maximum atomic E-state index is 12.7. The summed E-state index contributed by atoms with van der Waals surface area (Å²) in [4.78, 5) is 3.26. The predicted molar refractivity (Wildman–Crippen MR) is 55.1 cm³/mol. The van der Waals surface area contributed by atoms with Crippen molar-refractivity contribution in [2.45, 2.75) is 31.9 Å². The number of pyridine rings is 1. The van der Waals surface area contributed by atoms with E-state index in [1.165, 1.54) is 0 Å². The Morgan fingerprint density at radius 3 is 2.25 bits per heavy atom. The summed E-state index contributed by atoms with van der Waals surface area (Å²) in [5.74, 6) is -5.69. The number of ether oxygens (including phenoxy) is 1. The van der Waals surface area contributed by atoms with E-state index in [0.29, 0.717) is 6.07 Å². The highest BCUT2D eigenvalue weighted by Gasteiger charge is 2.43. The molecule has 0 fully saturated rings. The Hall–Kier alpha value is -1.54. The molecule has 0 aliphatic heterocycles. The Morgan fingerprint density at radius 2 is 1.80 bits per heavy atom. The van der Waals surface area contributed by atoms with Gasteiger partial charge in [0.2, 0.25) is 5.88 Å². The maximum Gasteiger partial charge on any atom is 0.421 e. The molecular formula is C11H10F7NO. The number of aromatic nitrogens is 1. The van der Waals surface area contributed by atoms with Crippen LogP contribution < -0.4 is 4.74 Å². The number of alkyl halides is 7. The van der Waals surface area contributed by atoms with Crippen LogP contribution in [0.5, 0.6) is 5.88 Å². The molecule has 0 amide bonds. The Balaban J connectivity index is 3.01. The van der Waals surface area contributed by atoms with Gasteiger partial charge in [-0.3, -0.25) is 0 Å². The summed E-state index contributed by atoms with van der Waals surface area (Å²) in [5, 5.41) is 0. The molecule has 0 atom stereocenters. The van der Waals surface area contributed by atoms with Crippen LogP contribution in [0.3, 0.4) is 0 Å². The molecule has 0 radical (unpaired) electrons. The zero-order valence-electron chi connectivity index (χ0n) is 10.1. The molecule has 1 rings (SSSR count). The van der Waals surface area contributed by atoms with Crippen molar-refractivity contribution < 1.29 is 35.5 Å². The molecule has 0 aromatic carbocycles. The number of aryl methyl sites for hydroxylation is 1. The molecule has 0 aliphatic rings. The number of nitrogens with zero attached hydrogens (tertiary/aromatic N) is 1. The zero-order chi connectivity index (χ0) is 15.6. The van der Waals surface area contributed by atoms with Gasteiger partial charge in [-0.05, 0) is 18.1 Å². The lowest BCUT2D eigenvalue weighted by Gasteiger charge is -2.18. The molecule has 114 valence electrons. The van der Waals surface area contributed by atoms with E-state index in [2.05, 4.69) is 9.72 Å². The van der Waals surface area contributed by atoms with Gasteiger partial charge in [-0.25, -0.2) is 13.8 Å². The molecule has 0 bridgehead atoms. The van der Waals surface area contributed by atoms with Gasteiger partial charge in [0.1, 0.15) is 5.56 Å². The van der Waals surface area contributed by atoms with Crippen molar-refractivity contribution in [1.82, 2.24) is 4.98 Å². The minimum absolute atomic E-state index is 0.213. The van der Waals surface area contributed by atoms with Gasteiger partial charge in [0.05, 0.1) is 0 Å². The van der Waals surface area contributed by atoms with E-state index in [-0.39, 0.29) is 12.0 Å². The number of hydrogen-bond acceptors (Lipinski definition) is 2. The second kappa shape index (κ2) is 5.84. The fourth-order valence-electron chi connectivity index (χ4n) is 1.23. The average Bonchev–Trinajstić information content (AvgIpc) is 2.35. The predicted octanol–water partition coefficient (Wildman–Crippen LogP) is 3.94. The fraction of sp³-hybridized carbons (Fsp3) is 0.545. The third-order valence-corrected chi connectivity index (χ3v) is 2.34. The molecule has 0 unspecified atom stereocenters. The Bertz CT molecular complexity index is 459. The Kier molecular flexibility index (Phi) is 4.82. The first kappa shape index (κ1) is 16.5. The molecule has 0 saturated carbocycles. The molecule has 1 aromatic heterocycles. The van der Waals surface area contributed by atoms with Crippen LogP contribution in [0.15, 0.2) is 12.3 Å². The molecule has 1 heterocycles. The number of halogens is 7. The van der Waals surface area contributed by atoms with Gasteiger partial charge >= 0.3 is 18.5 Å². The summed E-state index contributed by atoms with van der Waals surface area (Å²) in [6.07, 6.45) is -7.67. The van der Waals surface area contributed by atoms with Crippen LogP contribution in [-0.4, -0.2) is 23.9 Å². The third kappa shape index (κ3) is 3.97. The SMILES string of the molecule is CCc1cnc(OCC(F)(F)C(F)F)c(C(F)(F)F)c1. The Morgan fingerprint density at radius 1 is 1.20 bits per heavy atom. The standard InChI is InChI=1S/C11H10F7NO/c1-2-6-3-7(11(16,17)18)8(19-4-6)20-5-10(14,15)9(12)13/h3-4,9H,2,5H2,1H3. The molecular weight excluding hydrogens is 295 g/mol. The van der Waals surface area contributed by atoms with E-state index in [9.17, 15) is 30.7 Å². The first-order chi connectivity index (χ1) is 9.08. The van der Waals surface area contributed by atoms with Crippen molar-refractivity contribution in [3.63, 3.8) is 0 Å². The summed E-state index contributed by atoms with van der Waals surface area (Å²) >= 11 is 0. The van der Waals surface area contributed by atoms with Gasteiger partial charge < -0.3 is 4.74 Å². The van der Waals surface area contributed by atoms with Crippen molar-refractivity contribution in [2.24, 2.45) is 0 Å².